The highest BCUT2D eigenvalue weighted by Gasteiger charge is 2.68. The highest BCUT2D eigenvalue weighted by molar-refractivity contribution is 6.80. The van der Waals surface area contributed by atoms with Gasteiger partial charge in [0.25, 0.3) is 0 Å². The maximum absolute atomic E-state index is 6.36. The van der Waals surface area contributed by atoms with Gasteiger partial charge < -0.3 is 0 Å². The van der Waals surface area contributed by atoms with Crippen LogP contribution in [0.5, 0.6) is 0 Å². The minimum atomic E-state index is -2.28. The lowest BCUT2D eigenvalue weighted by molar-refractivity contribution is 0.599. The van der Waals surface area contributed by atoms with Crippen molar-refractivity contribution in [2.75, 3.05) is 0 Å². The number of halogens is 9. The Morgan fingerprint density at radius 3 is 1.52 bits per heavy atom. The second-order valence-electron chi connectivity index (χ2n) is 5.52. The topological polar surface area (TPSA) is 0 Å². The van der Waals surface area contributed by atoms with Crippen molar-refractivity contribution in [1.82, 2.24) is 0 Å². The maximum Gasteiger partial charge on any atom is 0.226 e. The van der Waals surface area contributed by atoms with Gasteiger partial charge >= 0.3 is 0 Å². The zero-order chi connectivity index (χ0) is 18.3. The summed E-state index contributed by atoms with van der Waals surface area (Å²) in [5.74, 6) is 0.500. The van der Waals surface area contributed by atoms with Crippen LogP contribution >= 0.6 is 104 Å². The molecule has 0 aromatic heterocycles. The highest BCUT2D eigenvalue weighted by atomic mass is 35.6. The van der Waals surface area contributed by atoms with Gasteiger partial charge in [0.1, 0.15) is 0 Å². The van der Waals surface area contributed by atoms with Gasteiger partial charge in [-0.1, -0.05) is 143 Å². The van der Waals surface area contributed by atoms with Gasteiger partial charge in [0.05, 0.1) is 0 Å². The zero-order valence-electron chi connectivity index (χ0n) is 12.0. The van der Waals surface area contributed by atoms with Crippen LogP contribution in [0.2, 0.25) is 0 Å². The van der Waals surface area contributed by atoms with Gasteiger partial charge in [-0.25, -0.2) is 0 Å². The molecule has 0 saturated carbocycles. The fourth-order valence-corrected chi connectivity index (χ4v) is 4.11. The Labute approximate surface area is 181 Å². The molecule has 23 heavy (non-hydrogen) atoms. The number of rotatable bonds is 5. The van der Waals surface area contributed by atoms with Gasteiger partial charge in [0.2, 0.25) is 8.13 Å². The van der Waals surface area contributed by atoms with Crippen LogP contribution in [0.15, 0.2) is 24.3 Å². The molecule has 0 heterocycles. The lowest BCUT2D eigenvalue weighted by Gasteiger charge is -2.44. The molecule has 1 aromatic rings. The molecule has 0 unspecified atom stereocenters. The third kappa shape index (κ3) is 4.76. The number of benzene rings is 1. The van der Waals surface area contributed by atoms with Crippen molar-refractivity contribution in [2.45, 2.75) is 37.1 Å². The van der Waals surface area contributed by atoms with E-state index in [0.717, 1.165) is 12.0 Å². The molecule has 0 aliphatic rings. The summed E-state index contributed by atoms with van der Waals surface area (Å²) in [5, 5.41) is 0. The molecule has 0 spiro atoms. The van der Waals surface area contributed by atoms with E-state index in [2.05, 4.69) is 13.8 Å². The molecular formula is C14H13Cl9. The molecule has 1 aromatic carbocycles. The third-order valence-electron chi connectivity index (χ3n) is 3.11. The van der Waals surface area contributed by atoms with Crippen molar-refractivity contribution in [2.24, 2.45) is 5.92 Å². The molecular weight excluding hydrogens is 487 g/mol. The second kappa shape index (κ2) is 7.83. The van der Waals surface area contributed by atoms with Gasteiger partial charge in [-0.2, -0.15) is 0 Å². The van der Waals surface area contributed by atoms with E-state index in [1.54, 1.807) is 12.1 Å². The van der Waals surface area contributed by atoms with E-state index in [-0.39, 0.29) is 0 Å². The maximum atomic E-state index is 6.36. The van der Waals surface area contributed by atoms with Crippen LogP contribution in [0, 0.1) is 5.92 Å². The normalized spacial score (nSPS) is 14.4. The fourth-order valence-electron chi connectivity index (χ4n) is 1.88. The standard InChI is InChI=1S/C14H13Cl9/c1-8(2)7-9-3-5-10(6-4-9)11(15,16)12(17,18)13(19,20)14(21,22)23/h3-6,8H,7H2,1-2H3. The first-order valence-electron chi connectivity index (χ1n) is 6.44. The molecule has 0 saturated heterocycles. The molecule has 0 amide bonds. The van der Waals surface area contributed by atoms with Crippen molar-refractivity contribution >= 4 is 104 Å². The summed E-state index contributed by atoms with van der Waals surface area (Å²) in [5.41, 5.74) is 1.48. The van der Waals surface area contributed by atoms with Gasteiger partial charge in [-0.15, -0.1) is 0 Å². The smallest absolute Gasteiger partial charge is 0.0943 e. The first-order chi connectivity index (χ1) is 10.1. The summed E-state index contributed by atoms with van der Waals surface area (Å²) in [7, 11) is 0. The van der Waals surface area contributed by atoms with Gasteiger partial charge in [0, 0.05) is 0 Å². The number of hydrogen-bond acceptors (Lipinski definition) is 0. The summed E-state index contributed by atoms with van der Waals surface area (Å²) in [6, 6.07) is 7.08. The Morgan fingerprint density at radius 2 is 1.17 bits per heavy atom. The van der Waals surface area contributed by atoms with Crippen molar-refractivity contribution in [3.63, 3.8) is 0 Å². The Morgan fingerprint density at radius 1 is 0.739 bits per heavy atom. The summed E-state index contributed by atoms with van der Waals surface area (Å²) in [4.78, 5) is 0. The van der Waals surface area contributed by atoms with E-state index < -0.39 is 16.8 Å². The molecule has 0 radical (unpaired) electrons. The lowest BCUT2D eigenvalue weighted by atomic mass is 9.99. The first kappa shape index (κ1) is 22.9. The van der Waals surface area contributed by atoms with Crippen LogP contribution in [-0.4, -0.2) is 12.5 Å². The molecule has 0 nitrogen and oxygen atoms in total. The second-order valence-corrected chi connectivity index (χ2v) is 11.8. The van der Waals surface area contributed by atoms with Gasteiger partial charge in [0.15, 0.2) is 8.67 Å². The highest BCUT2D eigenvalue weighted by Crippen LogP contribution is 2.65. The molecule has 0 fully saturated rings. The van der Waals surface area contributed by atoms with Crippen molar-refractivity contribution in [3.05, 3.63) is 35.4 Å². The van der Waals surface area contributed by atoms with Crippen molar-refractivity contribution < 1.29 is 0 Å². The molecule has 1 rings (SSSR count). The predicted octanol–water partition coefficient (Wildman–Crippen LogP) is 8.23. The monoisotopic (exact) mass is 496 g/mol. The van der Waals surface area contributed by atoms with E-state index in [1.807, 2.05) is 12.1 Å². The number of hydrogen-bond donors (Lipinski definition) is 0. The minimum Gasteiger partial charge on any atom is -0.0943 e. The number of alkyl halides is 9. The Balaban J connectivity index is 3.24. The molecule has 0 aliphatic carbocycles. The van der Waals surface area contributed by atoms with Crippen molar-refractivity contribution in [3.8, 4) is 0 Å². The molecule has 0 N–H and O–H groups in total. The third-order valence-corrected chi connectivity index (χ3v) is 8.58. The Bertz CT molecular complexity index is 526. The Kier molecular flexibility index (Phi) is 7.79. The predicted molar refractivity (Wildman–Crippen MR) is 108 cm³/mol. The van der Waals surface area contributed by atoms with Gasteiger partial charge in [-0.3, -0.25) is 0 Å². The van der Waals surface area contributed by atoms with Crippen LogP contribution in [0.4, 0.5) is 0 Å². The first-order valence-corrected chi connectivity index (χ1v) is 9.84. The average Bonchev–Trinajstić information content (AvgIpc) is 2.36. The molecule has 132 valence electrons. The van der Waals surface area contributed by atoms with E-state index >= 15 is 0 Å². The summed E-state index contributed by atoms with van der Waals surface area (Å²) < 4.78 is -8.67. The SMILES string of the molecule is CC(C)Cc1ccc(C(Cl)(Cl)C(Cl)(Cl)C(Cl)(Cl)C(Cl)(Cl)Cl)cc1. The van der Waals surface area contributed by atoms with E-state index in [9.17, 15) is 0 Å². The lowest BCUT2D eigenvalue weighted by Crippen LogP contribution is -2.54. The van der Waals surface area contributed by atoms with Crippen molar-refractivity contribution in [1.29, 1.82) is 0 Å². The summed E-state index contributed by atoms with van der Waals surface area (Å²) in [6.07, 6.45) is 0.897. The minimum absolute atomic E-state index is 0.373. The molecule has 0 bridgehead atoms. The summed E-state index contributed by atoms with van der Waals surface area (Å²) in [6.45, 7) is 4.22. The van der Waals surface area contributed by atoms with Crippen LogP contribution < -0.4 is 0 Å². The zero-order valence-corrected chi connectivity index (χ0v) is 18.8. The molecule has 0 atom stereocenters. The average molecular weight is 500 g/mol. The van der Waals surface area contributed by atoms with E-state index in [4.69, 9.17) is 104 Å². The van der Waals surface area contributed by atoms with Crippen LogP contribution in [0.3, 0.4) is 0 Å². The quantitative estimate of drug-likeness (QED) is 0.358. The van der Waals surface area contributed by atoms with E-state index in [0.29, 0.717) is 11.5 Å². The fraction of sp³-hybridized carbons (Fsp3) is 0.571. The largest absolute Gasteiger partial charge is 0.226 e. The molecule has 0 aliphatic heterocycles. The van der Waals surface area contributed by atoms with Crippen LogP contribution in [-0.2, 0) is 10.8 Å². The Hall–Kier alpha value is 1.83. The summed E-state index contributed by atoms with van der Waals surface area (Å²) >= 11 is 54.7. The van der Waals surface area contributed by atoms with Crippen LogP contribution in [0.1, 0.15) is 25.0 Å². The van der Waals surface area contributed by atoms with E-state index in [1.165, 1.54) is 0 Å². The van der Waals surface area contributed by atoms with Crippen LogP contribution in [0.25, 0.3) is 0 Å². The molecule has 9 heteroatoms. The van der Waals surface area contributed by atoms with Gasteiger partial charge in [-0.05, 0) is 23.5 Å².